The zero-order chi connectivity index (χ0) is 19.4. The molecule has 140 valence electrons. The fourth-order valence-electron chi connectivity index (χ4n) is 3.14. The first-order valence-corrected chi connectivity index (χ1v) is 9.19. The number of allylic oxidation sites excluding steroid dienone is 1. The lowest BCUT2D eigenvalue weighted by Crippen LogP contribution is -2.29. The fraction of sp³-hybridized carbons (Fsp3) is 0.273. The van der Waals surface area contributed by atoms with E-state index in [0.717, 1.165) is 22.2 Å². The number of hydrogen-bond donors (Lipinski definition) is 2. The van der Waals surface area contributed by atoms with Gasteiger partial charge in [-0.3, -0.25) is 9.36 Å². The summed E-state index contributed by atoms with van der Waals surface area (Å²) in [5, 5.41) is 2.89. The van der Waals surface area contributed by atoms with Crippen molar-refractivity contribution in [1.29, 1.82) is 0 Å². The standard InChI is InChI=1S/C22H25N3O2/c1-15(2)18(17-10-8-16(3)9-11-17)14-21(26)23-12-13-25-20-7-5-4-6-19(20)24-22(25)27/h4-11,14-15H,12-13H2,1-3H3,(H,23,26)(H,24,27)/b18-14+. The van der Waals surface area contributed by atoms with Crippen LogP contribution in [0.1, 0.15) is 25.0 Å². The second kappa shape index (κ2) is 8.08. The number of aryl methyl sites for hydroxylation is 1. The molecule has 0 bridgehead atoms. The normalized spacial score (nSPS) is 11.9. The van der Waals surface area contributed by atoms with E-state index in [2.05, 4.69) is 24.1 Å². The van der Waals surface area contributed by atoms with Gasteiger partial charge in [0.2, 0.25) is 5.91 Å². The average Bonchev–Trinajstić information content (AvgIpc) is 2.96. The predicted molar refractivity (Wildman–Crippen MR) is 110 cm³/mol. The molecule has 0 spiro atoms. The number of carbonyl (C=O) groups is 1. The first-order valence-electron chi connectivity index (χ1n) is 9.19. The number of imidazole rings is 1. The van der Waals surface area contributed by atoms with Crippen molar-refractivity contribution in [2.45, 2.75) is 27.3 Å². The second-order valence-electron chi connectivity index (χ2n) is 7.01. The third-order valence-corrected chi connectivity index (χ3v) is 4.61. The van der Waals surface area contributed by atoms with Gasteiger partial charge in [0.15, 0.2) is 0 Å². The summed E-state index contributed by atoms with van der Waals surface area (Å²) >= 11 is 0. The van der Waals surface area contributed by atoms with E-state index in [1.807, 2.05) is 55.5 Å². The maximum atomic E-state index is 12.4. The molecule has 0 radical (unpaired) electrons. The Morgan fingerprint density at radius 1 is 1.15 bits per heavy atom. The smallest absolute Gasteiger partial charge is 0.326 e. The van der Waals surface area contributed by atoms with Crippen molar-refractivity contribution in [1.82, 2.24) is 14.9 Å². The van der Waals surface area contributed by atoms with E-state index >= 15 is 0 Å². The SMILES string of the molecule is Cc1ccc(/C(=C/C(=O)NCCn2c(=O)[nH]c3ccccc32)C(C)C)cc1. The summed E-state index contributed by atoms with van der Waals surface area (Å²) in [6, 6.07) is 15.7. The largest absolute Gasteiger partial charge is 0.351 e. The summed E-state index contributed by atoms with van der Waals surface area (Å²) in [5.74, 6) is 0.0851. The Bertz CT molecular complexity index is 1020. The molecular weight excluding hydrogens is 338 g/mol. The number of H-pyrrole nitrogens is 1. The molecule has 1 aromatic heterocycles. The highest BCUT2D eigenvalue weighted by atomic mass is 16.2. The van der Waals surface area contributed by atoms with Gasteiger partial charge in [-0.05, 0) is 36.1 Å². The van der Waals surface area contributed by atoms with E-state index in [9.17, 15) is 9.59 Å². The van der Waals surface area contributed by atoms with Gasteiger partial charge in [0.05, 0.1) is 11.0 Å². The number of hydrogen-bond acceptors (Lipinski definition) is 2. The summed E-state index contributed by atoms with van der Waals surface area (Å²) in [6.07, 6.45) is 1.66. The van der Waals surface area contributed by atoms with Gasteiger partial charge in [0.1, 0.15) is 0 Å². The van der Waals surface area contributed by atoms with Crippen LogP contribution in [-0.2, 0) is 11.3 Å². The van der Waals surface area contributed by atoms with Crippen molar-refractivity contribution in [3.63, 3.8) is 0 Å². The van der Waals surface area contributed by atoms with Crippen molar-refractivity contribution in [3.05, 3.63) is 76.2 Å². The van der Waals surface area contributed by atoms with Gasteiger partial charge in [-0.1, -0.05) is 55.8 Å². The molecule has 1 heterocycles. The van der Waals surface area contributed by atoms with Crippen LogP contribution in [0.15, 0.2) is 59.4 Å². The number of para-hydroxylation sites is 2. The number of amides is 1. The molecule has 2 N–H and O–H groups in total. The van der Waals surface area contributed by atoms with Crippen molar-refractivity contribution < 1.29 is 4.79 Å². The van der Waals surface area contributed by atoms with Gasteiger partial charge in [-0.15, -0.1) is 0 Å². The molecule has 0 fully saturated rings. The number of aromatic nitrogens is 2. The molecule has 0 atom stereocenters. The van der Waals surface area contributed by atoms with E-state index in [1.165, 1.54) is 5.56 Å². The molecule has 0 aliphatic rings. The zero-order valence-corrected chi connectivity index (χ0v) is 16.0. The molecule has 5 heteroatoms. The highest BCUT2D eigenvalue weighted by molar-refractivity contribution is 5.95. The van der Waals surface area contributed by atoms with Crippen LogP contribution in [0, 0.1) is 12.8 Å². The number of nitrogens with one attached hydrogen (secondary N) is 2. The minimum Gasteiger partial charge on any atom is -0.351 e. The van der Waals surface area contributed by atoms with Crippen LogP contribution in [0.3, 0.4) is 0 Å². The number of rotatable bonds is 6. The Labute approximate surface area is 158 Å². The molecule has 0 aliphatic heterocycles. The number of carbonyl (C=O) groups excluding carboxylic acids is 1. The van der Waals surface area contributed by atoms with Gasteiger partial charge < -0.3 is 10.3 Å². The Balaban J connectivity index is 1.69. The summed E-state index contributed by atoms with van der Waals surface area (Å²) in [7, 11) is 0. The Kier molecular flexibility index (Phi) is 5.60. The Morgan fingerprint density at radius 3 is 2.56 bits per heavy atom. The number of aromatic amines is 1. The van der Waals surface area contributed by atoms with Crippen LogP contribution in [0.2, 0.25) is 0 Å². The van der Waals surface area contributed by atoms with Gasteiger partial charge in [0, 0.05) is 19.2 Å². The molecule has 0 aliphatic carbocycles. The van der Waals surface area contributed by atoms with Gasteiger partial charge in [0.25, 0.3) is 0 Å². The first-order chi connectivity index (χ1) is 13.0. The molecule has 0 saturated heterocycles. The van der Waals surface area contributed by atoms with E-state index in [1.54, 1.807) is 10.6 Å². The molecule has 3 rings (SSSR count). The minimum absolute atomic E-state index is 0.146. The van der Waals surface area contributed by atoms with Crippen molar-refractivity contribution >= 4 is 22.5 Å². The van der Waals surface area contributed by atoms with E-state index < -0.39 is 0 Å². The van der Waals surface area contributed by atoms with Crippen molar-refractivity contribution in [3.8, 4) is 0 Å². The average molecular weight is 363 g/mol. The van der Waals surface area contributed by atoms with Crippen LogP contribution in [-0.4, -0.2) is 22.0 Å². The maximum Gasteiger partial charge on any atom is 0.326 e. The first kappa shape index (κ1) is 18.7. The fourth-order valence-corrected chi connectivity index (χ4v) is 3.14. The Morgan fingerprint density at radius 2 is 1.85 bits per heavy atom. The highest BCUT2D eigenvalue weighted by Gasteiger charge is 2.10. The molecule has 27 heavy (non-hydrogen) atoms. The van der Waals surface area contributed by atoms with E-state index in [-0.39, 0.29) is 17.5 Å². The lowest BCUT2D eigenvalue weighted by molar-refractivity contribution is -0.116. The van der Waals surface area contributed by atoms with Gasteiger partial charge in [-0.25, -0.2) is 4.79 Å². The molecule has 0 unspecified atom stereocenters. The second-order valence-corrected chi connectivity index (χ2v) is 7.01. The van der Waals surface area contributed by atoms with Crippen LogP contribution in [0.4, 0.5) is 0 Å². The summed E-state index contributed by atoms with van der Waals surface area (Å²) in [6.45, 7) is 7.00. The Hall–Kier alpha value is -3.08. The van der Waals surface area contributed by atoms with Crippen LogP contribution < -0.4 is 11.0 Å². The third-order valence-electron chi connectivity index (χ3n) is 4.61. The monoisotopic (exact) mass is 363 g/mol. The predicted octanol–water partition coefficient (Wildman–Crippen LogP) is 3.49. The third kappa shape index (κ3) is 4.37. The molecule has 5 nitrogen and oxygen atoms in total. The van der Waals surface area contributed by atoms with E-state index in [0.29, 0.717) is 13.1 Å². The number of benzene rings is 2. The molecule has 1 amide bonds. The summed E-state index contributed by atoms with van der Waals surface area (Å²) in [4.78, 5) is 27.3. The van der Waals surface area contributed by atoms with Crippen LogP contribution >= 0.6 is 0 Å². The topological polar surface area (TPSA) is 66.9 Å². The molecule has 0 saturated carbocycles. The number of fused-ring (bicyclic) bond motifs is 1. The highest BCUT2D eigenvalue weighted by Crippen LogP contribution is 2.23. The van der Waals surface area contributed by atoms with Crippen molar-refractivity contribution in [2.75, 3.05) is 6.54 Å². The maximum absolute atomic E-state index is 12.4. The molecule has 2 aromatic carbocycles. The van der Waals surface area contributed by atoms with Crippen LogP contribution in [0.5, 0.6) is 0 Å². The lowest BCUT2D eigenvalue weighted by atomic mass is 9.94. The lowest BCUT2D eigenvalue weighted by Gasteiger charge is -2.12. The van der Waals surface area contributed by atoms with Crippen molar-refractivity contribution in [2.24, 2.45) is 5.92 Å². The zero-order valence-electron chi connectivity index (χ0n) is 16.0. The molecule has 3 aromatic rings. The van der Waals surface area contributed by atoms with Crippen LogP contribution in [0.25, 0.3) is 16.6 Å². The molecular formula is C22H25N3O2. The minimum atomic E-state index is -0.163. The number of nitrogens with zero attached hydrogens (tertiary/aromatic N) is 1. The quantitative estimate of drug-likeness (QED) is 0.658. The summed E-state index contributed by atoms with van der Waals surface area (Å²) in [5.41, 5.74) is 4.72. The van der Waals surface area contributed by atoms with Gasteiger partial charge in [-0.2, -0.15) is 0 Å². The van der Waals surface area contributed by atoms with Gasteiger partial charge >= 0.3 is 5.69 Å². The van der Waals surface area contributed by atoms with E-state index in [4.69, 9.17) is 0 Å². The summed E-state index contributed by atoms with van der Waals surface area (Å²) < 4.78 is 1.64.